The lowest BCUT2D eigenvalue weighted by Crippen LogP contribution is -2.10. The van der Waals surface area contributed by atoms with E-state index in [0.29, 0.717) is 11.1 Å². The molecule has 1 unspecified atom stereocenters. The summed E-state index contributed by atoms with van der Waals surface area (Å²) in [6.45, 7) is 3.22. The first-order valence-electron chi connectivity index (χ1n) is 3.29. The van der Waals surface area contributed by atoms with E-state index >= 15 is 0 Å². The Balaban J connectivity index is 2.58. The summed E-state index contributed by atoms with van der Waals surface area (Å²) < 4.78 is 4.98. The van der Waals surface area contributed by atoms with Crippen LogP contribution in [0.1, 0.15) is 12.8 Å². The molecule has 0 aliphatic rings. The van der Waals surface area contributed by atoms with Crippen LogP contribution in [0.3, 0.4) is 0 Å². The molecule has 1 rings (SSSR count). The van der Waals surface area contributed by atoms with Gasteiger partial charge in [0.15, 0.2) is 0 Å². The van der Waals surface area contributed by atoms with Crippen LogP contribution in [0, 0.1) is 6.92 Å². The Morgan fingerprint density at radius 1 is 1.67 bits per heavy atom. The van der Waals surface area contributed by atoms with Crippen molar-refractivity contribution >= 4 is 17.7 Å². The number of aryl methyl sites for hydroxylation is 1. The van der Waals surface area contributed by atoms with Gasteiger partial charge in [0.05, 0.1) is 0 Å². The molecule has 1 heterocycles. The lowest BCUT2D eigenvalue weighted by atomic mass is 10.5. The minimum absolute atomic E-state index is 0.294. The van der Waals surface area contributed by atoms with Crippen LogP contribution in [-0.2, 0) is 4.79 Å². The number of carbonyl (C=O) groups is 1. The van der Waals surface area contributed by atoms with Crippen LogP contribution >= 0.6 is 11.8 Å². The van der Waals surface area contributed by atoms with E-state index in [0.717, 1.165) is 11.8 Å². The Morgan fingerprint density at radius 3 is 2.75 bits per heavy atom. The maximum atomic E-state index is 10.4. The first kappa shape index (κ1) is 9.05. The highest BCUT2D eigenvalue weighted by molar-refractivity contribution is 8.00. The zero-order valence-electron chi connectivity index (χ0n) is 6.64. The van der Waals surface area contributed by atoms with Crippen molar-refractivity contribution in [2.45, 2.75) is 24.3 Å². The van der Waals surface area contributed by atoms with Crippen molar-refractivity contribution in [1.82, 2.24) is 10.2 Å². The van der Waals surface area contributed by atoms with Crippen LogP contribution in [0.5, 0.6) is 0 Å². The molecule has 0 fully saturated rings. The maximum absolute atomic E-state index is 10.4. The zero-order chi connectivity index (χ0) is 9.14. The van der Waals surface area contributed by atoms with Crippen molar-refractivity contribution in [2.24, 2.45) is 0 Å². The molecule has 0 amide bonds. The highest BCUT2D eigenvalue weighted by atomic mass is 32.2. The lowest BCUT2D eigenvalue weighted by molar-refractivity contribution is -0.136. The fourth-order valence-corrected chi connectivity index (χ4v) is 1.19. The molecule has 0 spiro atoms. The van der Waals surface area contributed by atoms with E-state index in [4.69, 9.17) is 9.52 Å². The molecule has 0 saturated carbocycles. The van der Waals surface area contributed by atoms with E-state index < -0.39 is 11.2 Å². The number of thioether (sulfide) groups is 1. The number of carboxylic acids is 1. The molecule has 6 heteroatoms. The average Bonchev–Trinajstić information content (AvgIpc) is 2.35. The van der Waals surface area contributed by atoms with E-state index in [1.54, 1.807) is 13.8 Å². The third kappa shape index (κ3) is 2.23. The maximum Gasteiger partial charge on any atom is 0.316 e. The van der Waals surface area contributed by atoms with Crippen LogP contribution in [0.2, 0.25) is 0 Å². The minimum atomic E-state index is -0.893. The van der Waals surface area contributed by atoms with Crippen LogP contribution < -0.4 is 0 Å². The van der Waals surface area contributed by atoms with Crippen molar-refractivity contribution in [3.63, 3.8) is 0 Å². The molecule has 5 nitrogen and oxygen atoms in total. The van der Waals surface area contributed by atoms with Gasteiger partial charge < -0.3 is 9.52 Å². The molecular weight excluding hydrogens is 180 g/mol. The SMILES string of the molecule is Cc1nnc(SC(C)C(=O)O)o1. The third-order valence-electron chi connectivity index (χ3n) is 1.13. The molecule has 1 atom stereocenters. The van der Waals surface area contributed by atoms with Crippen molar-refractivity contribution in [3.8, 4) is 0 Å². The lowest BCUT2D eigenvalue weighted by Gasteiger charge is -1.99. The van der Waals surface area contributed by atoms with Gasteiger partial charge in [-0.1, -0.05) is 11.8 Å². The van der Waals surface area contributed by atoms with E-state index in [2.05, 4.69) is 10.2 Å². The highest BCUT2D eigenvalue weighted by Gasteiger charge is 2.15. The van der Waals surface area contributed by atoms with Gasteiger partial charge in [0.25, 0.3) is 5.22 Å². The number of carboxylic acid groups (broad SMARTS) is 1. The molecule has 0 saturated heterocycles. The summed E-state index contributed by atoms with van der Waals surface area (Å²) in [6, 6.07) is 0. The van der Waals surface area contributed by atoms with Crippen LogP contribution in [0.25, 0.3) is 0 Å². The van der Waals surface area contributed by atoms with Crippen molar-refractivity contribution in [1.29, 1.82) is 0 Å². The van der Waals surface area contributed by atoms with Gasteiger partial charge in [-0.05, 0) is 6.92 Å². The summed E-state index contributed by atoms with van der Waals surface area (Å²) in [4.78, 5) is 10.4. The summed E-state index contributed by atoms with van der Waals surface area (Å²) in [5.74, 6) is -0.453. The average molecular weight is 188 g/mol. The molecule has 0 aliphatic carbocycles. The Kier molecular flexibility index (Phi) is 2.69. The highest BCUT2D eigenvalue weighted by Crippen LogP contribution is 2.21. The Labute approximate surface area is 73.2 Å². The topological polar surface area (TPSA) is 76.2 Å². The number of aromatic nitrogens is 2. The molecule has 0 aliphatic heterocycles. The van der Waals surface area contributed by atoms with Gasteiger partial charge in [0, 0.05) is 6.92 Å². The number of rotatable bonds is 3. The summed E-state index contributed by atoms with van der Waals surface area (Å²) >= 11 is 1.03. The third-order valence-corrected chi connectivity index (χ3v) is 2.05. The number of hydrogen-bond acceptors (Lipinski definition) is 5. The molecule has 1 aromatic heterocycles. The van der Waals surface area contributed by atoms with Gasteiger partial charge in [-0.15, -0.1) is 10.2 Å². The Hall–Kier alpha value is -1.04. The Bertz CT molecular complexity index is 286. The molecule has 0 aromatic carbocycles. The molecule has 66 valence electrons. The van der Waals surface area contributed by atoms with Gasteiger partial charge in [0.2, 0.25) is 5.89 Å². The van der Waals surface area contributed by atoms with E-state index in [1.807, 2.05) is 0 Å². The largest absolute Gasteiger partial charge is 0.480 e. The van der Waals surface area contributed by atoms with E-state index in [1.165, 1.54) is 0 Å². The van der Waals surface area contributed by atoms with Gasteiger partial charge in [-0.2, -0.15) is 0 Å². The van der Waals surface area contributed by atoms with Gasteiger partial charge in [0.1, 0.15) is 5.25 Å². The quantitative estimate of drug-likeness (QED) is 0.711. The second-order valence-electron chi connectivity index (χ2n) is 2.19. The fraction of sp³-hybridized carbons (Fsp3) is 0.500. The first-order chi connectivity index (χ1) is 5.59. The van der Waals surface area contributed by atoms with Crippen LogP contribution in [0.15, 0.2) is 9.64 Å². The predicted octanol–water partition coefficient (Wildman–Crippen LogP) is 0.943. The number of aliphatic carboxylic acids is 1. The normalized spacial score (nSPS) is 12.8. The summed E-state index contributed by atoms with van der Waals surface area (Å²) in [6.07, 6.45) is 0. The van der Waals surface area contributed by atoms with Gasteiger partial charge in [-0.3, -0.25) is 4.79 Å². The first-order valence-corrected chi connectivity index (χ1v) is 4.17. The molecular formula is C6H8N2O3S. The molecule has 1 N–H and O–H groups in total. The molecule has 1 aromatic rings. The van der Waals surface area contributed by atoms with Crippen molar-refractivity contribution in [3.05, 3.63) is 5.89 Å². The van der Waals surface area contributed by atoms with Crippen LogP contribution in [-0.4, -0.2) is 26.5 Å². The van der Waals surface area contributed by atoms with E-state index in [-0.39, 0.29) is 0 Å². The standard InChI is InChI=1S/C6H8N2O3S/c1-3(5(9)10)12-6-8-7-4(2)11-6/h3H,1-2H3,(H,9,10). The van der Waals surface area contributed by atoms with Gasteiger partial charge in [-0.25, -0.2) is 0 Å². The zero-order valence-corrected chi connectivity index (χ0v) is 7.46. The van der Waals surface area contributed by atoms with Crippen LogP contribution in [0.4, 0.5) is 0 Å². The van der Waals surface area contributed by atoms with Crippen molar-refractivity contribution in [2.75, 3.05) is 0 Å². The second-order valence-corrected chi connectivity index (χ2v) is 3.48. The molecule has 0 radical (unpaired) electrons. The van der Waals surface area contributed by atoms with Crippen molar-refractivity contribution < 1.29 is 14.3 Å². The summed E-state index contributed by atoms with van der Waals surface area (Å²) in [7, 11) is 0. The number of nitrogens with zero attached hydrogens (tertiary/aromatic N) is 2. The Morgan fingerprint density at radius 2 is 2.33 bits per heavy atom. The van der Waals surface area contributed by atoms with E-state index in [9.17, 15) is 4.79 Å². The number of hydrogen-bond donors (Lipinski definition) is 1. The smallest absolute Gasteiger partial charge is 0.316 e. The van der Waals surface area contributed by atoms with Gasteiger partial charge >= 0.3 is 5.97 Å². The summed E-state index contributed by atoms with van der Waals surface area (Å²) in [5, 5.41) is 15.5. The minimum Gasteiger partial charge on any atom is -0.480 e. The monoisotopic (exact) mass is 188 g/mol. The predicted molar refractivity (Wildman–Crippen MR) is 42.0 cm³/mol. The molecule has 0 bridgehead atoms. The second kappa shape index (κ2) is 3.57. The fourth-order valence-electron chi connectivity index (χ4n) is 0.528. The summed E-state index contributed by atoms with van der Waals surface area (Å²) in [5.41, 5.74) is 0. The molecule has 12 heavy (non-hydrogen) atoms.